The number of hydrogen-bond donors (Lipinski definition) is 1. The molecule has 1 N–H and O–H groups in total. The Labute approximate surface area is 130 Å². The lowest BCUT2D eigenvalue weighted by Crippen LogP contribution is -2.22. The van der Waals surface area contributed by atoms with Crippen LogP contribution in [0.25, 0.3) is 0 Å². The summed E-state index contributed by atoms with van der Waals surface area (Å²) in [5.41, 5.74) is 3.20. The molecule has 4 heteroatoms. The summed E-state index contributed by atoms with van der Waals surface area (Å²) in [6.45, 7) is 8.27. The number of nitrogens with one attached hydrogen (secondary N) is 1. The van der Waals surface area contributed by atoms with E-state index in [2.05, 4.69) is 54.4 Å². The third-order valence-corrected chi connectivity index (χ3v) is 4.41. The Bertz CT molecular complexity index is 608. The first-order chi connectivity index (χ1) is 10.2. The predicted octanol–water partition coefficient (Wildman–Crippen LogP) is 4.07. The van der Waals surface area contributed by atoms with E-state index in [4.69, 9.17) is 5.26 Å². The Hall–Kier alpha value is -1.83. The minimum Gasteiger partial charge on any atom is -0.380 e. The third kappa shape index (κ3) is 4.59. The lowest BCUT2D eigenvalue weighted by molar-refractivity contribution is 0.296. The van der Waals surface area contributed by atoms with Crippen LogP contribution in [0.15, 0.2) is 35.7 Å². The summed E-state index contributed by atoms with van der Waals surface area (Å²) in [5, 5.41) is 14.2. The Morgan fingerprint density at radius 1 is 1.24 bits per heavy atom. The minimum absolute atomic E-state index is 0.743. The fraction of sp³-hybridized carbons (Fsp3) is 0.353. The molecule has 0 bridgehead atoms. The maximum absolute atomic E-state index is 8.83. The molecular formula is C17H21N3S. The van der Waals surface area contributed by atoms with E-state index in [1.807, 2.05) is 11.4 Å². The Morgan fingerprint density at radius 2 is 2.05 bits per heavy atom. The van der Waals surface area contributed by atoms with Crippen molar-refractivity contribution in [1.82, 2.24) is 4.90 Å². The summed E-state index contributed by atoms with van der Waals surface area (Å²) in [6.07, 6.45) is 0. The molecule has 110 valence electrons. The third-order valence-electron chi connectivity index (χ3n) is 3.48. The summed E-state index contributed by atoms with van der Waals surface area (Å²) in [5.74, 6) is 0. The van der Waals surface area contributed by atoms with Crippen molar-refractivity contribution < 1.29 is 0 Å². The van der Waals surface area contributed by atoms with Gasteiger partial charge < -0.3 is 5.32 Å². The monoisotopic (exact) mass is 299 g/mol. The van der Waals surface area contributed by atoms with Gasteiger partial charge in [0.15, 0.2) is 0 Å². The van der Waals surface area contributed by atoms with E-state index < -0.39 is 0 Å². The fourth-order valence-corrected chi connectivity index (χ4v) is 2.96. The molecule has 0 aliphatic rings. The molecule has 0 saturated carbocycles. The second kappa shape index (κ2) is 7.82. The van der Waals surface area contributed by atoms with Gasteiger partial charge in [-0.25, -0.2) is 0 Å². The molecule has 2 rings (SSSR count). The van der Waals surface area contributed by atoms with Crippen LogP contribution in [0.3, 0.4) is 0 Å². The number of benzene rings is 1. The van der Waals surface area contributed by atoms with Crippen molar-refractivity contribution in [2.45, 2.75) is 26.9 Å². The second-order valence-electron chi connectivity index (χ2n) is 4.93. The zero-order chi connectivity index (χ0) is 15.1. The molecule has 0 aliphatic heterocycles. The summed E-state index contributed by atoms with van der Waals surface area (Å²) in [7, 11) is 0. The SMILES string of the molecule is CCN(CC)Cc1cccc(NCc2cc(C#N)cs2)c1. The van der Waals surface area contributed by atoms with Crippen molar-refractivity contribution >= 4 is 17.0 Å². The Morgan fingerprint density at radius 3 is 2.71 bits per heavy atom. The normalized spacial score (nSPS) is 10.6. The van der Waals surface area contributed by atoms with Gasteiger partial charge in [-0.15, -0.1) is 11.3 Å². The van der Waals surface area contributed by atoms with Gasteiger partial charge in [0.2, 0.25) is 0 Å². The summed E-state index contributed by atoms with van der Waals surface area (Å²) < 4.78 is 0. The maximum atomic E-state index is 8.83. The second-order valence-corrected chi connectivity index (χ2v) is 5.92. The van der Waals surface area contributed by atoms with Crippen LogP contribution >= 0.6 is 11.3 Å². The van der Waals surface area contributed by atoms with Crippen molar-refractivity contribution in [3.05, 3.63) is 51.7 Å². The molecule has 0 amide bonds. The van der Waals surface area contributed by atoms with E-state index in [9.17, 15) is 0 Å². The Kier molecular flexibility index (Phi) is 5.79. The highest BCUT2D eigenvalue weighted by Gasteiger charge is 2.03. The fourth-order valence-electron chi connectivity index (χ4n) is 2.21. The van der Waals surface area contributed by atoms with Gasteiger partial charge in [-0.1, -0.05) is 26.0 Å². The number of rotatable bonds is 7. The van der Waals surface area contributed by atoms with E-state index in [-0.39, 0.29) is 0 Å². The molecule has 0 radical (unpaired) electrons. The highest BCUT2D eigenvalue weighted by molar-refractivity contribution is 7.10. The van der Waals surface area contributed by atoms with Crippen LogP contribution in [-0.2, 0) is 13.1 Å². The predicted molar refractivity (Wildman–Crippen MR) is 89.4 cm³/mol. The lowest BCUT2D eigenvalue weighted by atomic mass is 10.2. The van der Waals surface area contributed by atoms with E-state index >= 15 is 0 Å². The van der Waals surface area contributed by atoms with Gasteiger partial charge in [-0.2, -0.15) is 5.26 Å². The first-order valence-corrected chi connectivity index (χ1v) is 8.15. The quantitative estimate of drug-likeness (QED) is 0.837. The molecule has 0 unspecified atom stereocenters. The van der Waals surface area contributed by atoms with Crippen molar-refractivity contribution in [2.24, 2.45) is 0 Å². The number of nitrogens with zero attached hydrogens (tertiary/aromatic N) is 2. The largest absolute Gasteiger partial charge is 0.380 e. The molecule has 1 heterocycles. The lowest BCUT2D eigenvalue weighted by Gasteiger charge is -2.18. The first kappa shape index (κ1) is 15.6. The summed E-state index contributed by atoms with van der Waals surface area (Å²) in [4.78, 5) is 3.58. The van der Waals surface area contributed by atoms with Crippen LogP contribution in [0.2, 0.25) is 0 Å². The number of nitriles is 1. The zero-order valence-corrected chi connectivity index (χ0v) is 13.4. The zero-order valence-electron chi connectivity index (χ0n) is 12.6. The van der Waals surface area contributed by atoms with E-state index in [1.165, 1.54) is 10.4 Å². The molecule has 0 saturated heterocycles. The van der Waals surface area contributed by atoms with Crippen molar-refractivity contribution in [1.29, 1.82) is 5.26 Å². The Balaban J connectivity index is 1.96. The average molecular weight is 299 g/mol. The molecule has 1 aromatic carbocycles. The molecule has 1 aromatic heterocycles. The van der Waals surface area contributed by atoms with Gasteiger partial charge in [0.05, 0.1) is 5.56 Å². The average Bonchev–Trinajstić information content (AvgIpc) is 2.99. The van der Waals surface area contributed by atoms with Crippen LogP contribution in [0, 0.1) is 11.3 Å². The van der Waals surface area contributed by atoms with Crippen LogP contribution in [0.1, 0.15) is 29.9 Å². The van der Waals surface area contributed by atoms with Crippen LogP contribution in [-0.4, -0.2) is 18.0 Å². The van der Waals surface area contributed by atoms with Gasteiger partial charge in [-0.05, 0) is 36.9 Å². The maximum Gasteiger partial charge on any atom is 0.100 e. The van der Waals surface area contributed by atoms with Crippen LogP contribution < -0.4 is 5.32 Å². The molecule has 0 aliphatic carbocycles. The van der Waals surface area contributed by atoms with Crippen molar-refractivity contribution in [2.75, 3.05) is 18.4 Å². The van der Waals surface area contributed by atoms with Gasteiger partial charge >= 0.3 is 0 Å². The molecule has 21 heavy (non-hydrogen) atoms. The van der Waals surface area contributed by atoms with Gasteiger partial charge in [0, 0.05) is 29.0 Å². The van der Waals surface area contributed by atoms with Gasteiger partial charge in [0.1, 0.15) is 6.07 Å². The molecular weight excluding hydrogens is 278 g/mol. The topological polar surface area (TPSA) is 39.1 Å². The smallest absolute Gasteiger partial charge is 0.100 e. The first-order valence-electron chi connectivity index (χ1n) is 7.27. The van der Waals surface area contributed by atoms with E-state index in [0.29, 0.717) is 0 Å². The number of anilines is 1. The molecule has 0 spiro atoms. The van der Waals surface area contributed by atoms with E-state index in [0.717, 1.165) is 37.4 Å². The van der Waals surface area contributed by atoms with Crippen molar-refractivity contribution in [3.8, 4) is 6.07 Å². The van der Waals surface area contributed by atoms with Crippen LogP contribution in [0.5, 0.6) is 0 Å². The van der Waals surface area contributed by atoms with Gasteiger partial charge in [0.25, 0.3) is 0 Å². The van der Waals surface area contributed by atoms with Crippen LogP contribution in [0.4, 0.5) is 5.69 Å². The summed E-state index contributed by atoms with van der Waals surface area (Å²) in [6, 6.07) is 12.7. The summed E-state index contributed by atoms with van der Waals surface area (Å²) >= 11 is 1.62. The number of thiophene rings is 1. The molecule has 3 nitrogen and oxygen atoms in total. The molecule has 0 atom stereocenters. The standard InChI is InChI=1S/C17H21N3S/c1-3-20(4-2)12-14-6-5-7-16(8-14)19-11-17-9-15(10-18)13-21-17/h5-9,13,19H,3-4,11-12H2,1-2H3. The highest BCUT2D eigenvalue weighted by Crippen LogP contribution is 2.17. The minimum atomic E-state index is 0.743. The molecule has 2 aromatic rings. The van der Waals surface area contributed by atoms with E-state index in [1.54, 1.807) is 11.3 Å². The molecule has 0 fully saturated rings. The van der Waals surface area contributed by atoms with Gasteiger partial charge in [-0.3, -0.25) is 4.90 Å². The highest BCUT2D eigenvalue weighted by atomic mass is 32.1. The number of hydrogen-bond acceptors (Lipinski definition) is 4. The van der Waals surface area contributed by atoms with Crippen molar-refractivity contribution in [3.63, 3.8) is 0 Å².